The van der Waals surface area contributed by atoms with Crippen LogP contribution in [0.1, 0.15) is 32.3 Å². The SMILES string of the molecule is CCCCc1ccc(OC(C)C(N)=S)cc1. The van der Waals surface area contributed by atoms with E-state index in [1.54, 1.807) is 0 Å². The number of thiocarbonyl (C=S) groups is 1. The number of nitrogens with two attached hydrogens (primary N) is 1. The second-order valence-electron chi connectivity index (χ2n) is 3.91. The molecular formula is C13H19NOS. The molecule has 0 heterocycles. The van der Waals surface area contributed by atoms with E-state index < -0.39 is 0 Å². The molecule has 1 aromatic rings. The fourth-order valence-electron chi connectivity index (χ4n) is 1.38. The van der Waals surface area contributed by atoms with E-state index in [0.29, 0.717) is 4.99 Å². The van der Waals surface area contributed by atoms with Gasteiger partial charge in [-0.2, -0.15) is 0 Å². The molecular weight excluding hydrogens is 218 g/mol. The molecule has 0 fully saturated rings. The number of hydrogen-bond donors (Lipinski definition) is 1. The van der Waals surface area contributed by atoms with E-state index in [0.717, 1.165) is 12.2 Å². The average Bonchev–Trinajstić information content (AvgIpc) is 2.28. The van der Waals surface area contributed by atoms with Gasteiger partial charge in [0.1, 0.15) is 16.8 Å². The highest BCUT2D eigenvalue weighted by atomic mass is 32.1. The molecule has 0 spiro atoms. The third-order valence-electron chi connectivity index (χ3n) is 2.46. The molecule has 1 unspecified atom stereocenters. The Morgan fingerprint density at radius 1 is 1.38 bits per heavy atom. The first kappa shape index (κ1) is 13.0. The van der Waals surface area contributed by atoms with Gasteiger partial charge in [0.05, 0.1) is 0 Å². The van der Waals surface area contributed by atoms with Crippen LogP contribution in [-0.4, -0.2) is 11.1 Å². The predicted octanol–water partition coefficient (Wildman–Crippen LogP) is 3.08. The van der Waals surface area contributed by atoms with Crippen molar-refractivity contribution >= 4 is 17.2 Å². The second kappa shape index (κ2) is 6.48. The number of unbranched alkanes of at least 4 members (excludes halogenated alkanes) is 1. The van der Waals surface area contributed by atoms with Gasteiger partial charge in [0, 0.05) is 0 Å². The Kier molecular flexibility index (Phi) is 5.26. The van der Waals surface area contributed by atoms with Crippen molar-refractivity contribution in [2.75, 3.05) is 0 Å². The molecule has 0 aliphatic heterocycles. The Labute approximate surface area is 103 Å². The van der Waals surface area contributed by atoms with E-state index in [4.69, 9.17) is 22.7 Å². The van der Waals surface area contributed by atoms with Crippen molar-refractivity contribution in [1.29, 1.82) is 0 Å². The van der Waals surface area contributed by atoms with Crippen molar-refractivity contribution in [1.82, 2.24) is 0 Å². The Bertz CT molecular complexity index is 334. The van der Waals surface area contributed by atoms with Gasteiger partial charge in [0.2, 0.25) is 0 Å². The summed E-state index contributed by atoms with van der Waals surface area (Å²) in [6.07, 6.45) is 3.36. The van der Waals surface area contributed by atoms with Gasteiger partial charge in [0.25, 0.3) is 0 Å². The van der Waals surface area contributed by atoms with Crippen LogP contribution in [0.25, 0.3) is 0 Å². The molecule has 0 aliphatic rings. The summed E-state index contributed by atoms with van der Waals surface area (Å²) in [4.78, 5) is 0.384. The van der Waals surface area contributed by atoms with Crippen molar-refractivity contribution in [3.05, 3.63) is 29.8 Å². The quantitative estimate of drug-likeness (QED) is 0.772. The lowest BCUT2D eigenvalue weighted by Crippen LogP contribution is -2.28. The van der Waals surface area contributed by atoms with Crippen LogP contribution >= 0.6 is 12.2 Å². The Balaban J connectivity index is 2.54. The summed E-state index contributed by atoms with van der Waals surface area (Å²) in [7, 11) is 0. The minimum absolute atomic E-state index is 0.212. The fourth-order valence-corrected chi connectivity index (χ4v) is 1.43. The summed E-state index contributed by atoms with van der Waals surface area (Å²) in [6, 6.07) is 8.13. The topological polar surface area (TPSA) is 35.2 Å². The average molecular weight is 237 g/mol. The molecule has 2 N–H and O–H groups in total. The molecule has 1 atom stereocenters. The smallest absolute Gasteiger partial charge is 0.145 e. The molecule has 88 valence electrons. The van der Waals surface area contributed by atoms with Gasteiger partial charge in [-0.1, -0.05) is 37.7 Å². The van der Waals surface area contributed by atoms with Crippen LogP contribution in [-0.2, 0) is 6.42 Å². The van der Waals surface area contributed by atoms with Crippen LogP contribution in [0.2, 0.25) is 0 Å². The Morgan fingerprint density at radius 2 is 2.00 bits per heavy atom. The number of hydrogen-bond acceptors (Lipinski definition) is 2. The number of rotatable bonds is 6. The zero-order valence-electron chi connectivity index (χ0n) is 9.90. The Morgan fingerprint density at radius 3 is 2.50 bits per heavy atom. The van der Waals surface area contributed by atoms with Gasteiger partial charge in [-0.3, -0.25) is 0 Å². The van der Waals surface area contributed by atoms with Crippen LogP contribution in [0.3, 0.4) is 0 Å². The molecule has 0 amide bonds. The van der Waals surface area contributed by atoms with Gasteiger partial charge in [-0.15, -0.1) is 0 Å². The third kappa shape index (κ3) is 4.19. The van der Waals surface area contributed by atoms with Gasteiger partial charge >= 0.3 is 0 Å². The lowest BCUT2D eigenvalue weighted by molar-refractivity contribution is 0.288. The number of aryl methyl sites for hydroxylation is 1. The van der Waals surface area contributed by atoms with Crippen LogP contribution in [0.4, 0.5) is 0 Å². The van der Waals surface area contributed by atoms with E-state index in [9.17, 15) is 0 Å². The molecule has 1 rings (SSSR count). The second-order valence-corrected chi connectivity index (χ2v) is 4.38. The van der Waals surface area contributed by atoms with Gasteiger partial charge in [-0.25, -0.2) is 0 Å². The lowest BCUT2D eigenvalue weighted by atomic mass is 10.1. The number of benzene rings is 1. The van der Waals surface area contributed by atoms with Gasteiger partial charge in [0.15, 0.2) is 0 Å². The molecule has 3 heteroatoms. The lowest BCUT2D eigenvalue weighted by Gasteiger charge is -2.13. The van der Waals surface area contributed by atoms with Crippen molar-refractivity contribution in [2.24, 2.45) is 5.73 Å². The van der Waals surface area contributed by atoms with E-state index >= 15 is 0 Å². The maximum atomic E-state index is 5.57. The first-order valence-electron chi connectivity index (χ1n) is 5.68. The first-order chi connectivity index (χ1) is 7.63. The summed E-state index contributed by atoms with van der Waals surface area (Å²) in [5, 5.41) is 0. The molecule has 0 saturated heterocycles. The fraction of sp³-hybridized carbons (Fsp3) is 0.462. The molecule has 0 aliphatic carbocycles. The molecule has 16 heavy (non-hydrogen) atoms. The summed E-state index contributed by atoms with van der Waals surface area (Å²) in [5.74, 6) is 0.820. The molecule has 0 bridgehead atoms. The highest BCUT2D eigenvalue weighted by molar-refractivity contribution is 7.80. The summed E-state index contributed by atoms with van der Waals surface area (Å²) < 4.78 is 5.57. The van der Waals surface area contributed by atoms with Crippen LogP contribution in [0, 0.1) is 0 Å². The van der Waals surface area contributed by atoms with Gasteiger partial charge < -0.3 is 10.5 Å². The number of ether oxygens (including phenoxy) is 1. The standard InChI is InChI=1S/C13H19NOS/c1-3-4-5-11-6-8-12(9-7-11)15-10(2)13(14)16/h6-10H,3-5H2,1-2H3,(H2,14,16). The highest BCUT2D eigenvalue weighted by Gasteiger charge is 2.06. The van der Waals surface area contributed by atoms with E-state index in [2.05, 4.69) is 19.1 Å². The maximum Gasteiger partial charge on any atom is 0.145 e. The normalized spacial score (nSPS) is 12.1. The molecule has 2 nitrogen and oxygen atoms in total. The predicted molar refractivity (Wildman–Crippen MR) is 71.9 cm³/mol. The largest absolute Gasteiger partial charge is 0.484 e. The minimum Gasteiger partial charge on any atom is -0.484 e. The summed E-state index contributed by atoms with van der Waals surface area (Å²) in [5.41, 5.74) is 6.83. The molecule has 0 radical (unpaired) electrons. The zero-order chi connectivity index (χ0) is 12.0. The summed E-state index contributed by atoms with van der Waals surface area (Å²) >= 11 is 4.85. The van der Waals surface area contributed by atoms with E-state index in [1.165, 1.54) is 18.4 Å². The minimum atomic E-state index is -0.212. The molecule has 0 aromatic heterocycles. The van der Waals surface area contributed by atoms with Crippen molar-refractivity contribution in [3.8, 4) is 5.75 Å². The van der Waals surface area contributed by atoms with Crippen molar-refractivity contribution in [2.45, 2.75) is 39.2 Å². The zero-order valence-corrected chi connectivity index (χ0v) is 10.7. The summed E-state index contributed by atoms with van der Waals surface area (Å²) in [6.45, 7) is 4.05. The first-order valence-corrected chi connectivity index (χ1v) is 6.09. The van der Waals surface area contributed by atoms with E-state index in [1.807, 2.05) is 19.1 Å². The van der Waals surface area contributed by atoms with Crippen LogP contribution in [0.15, 0.2) is 24.3 Å². The molecule has 1 aromatic carbocycles. The van der Waals surface area contributed by atoms with Crippen LogP contribution < -0.4 is 10.5 Å². The monoisotopic (exact) mass is 237 g/mol. The Hall–Kier alpha value is -1.09. The van der Waals surface area contributed by atoms with Crippen LogP contribution in [0.5, 0.6) is 5.75 Å². The maximum absolute atomic E-state index is 5.57. The van der Waals surface area contributed by atoms with Crippen molar-refractivity contribution in [3.63, 3.8) is 0 Å². The van der Waals surface area contributed by atoms with E-state index in [-0.39, 0.29) is 6.10 Å². The van der Waals surface area contributed by atoms with Gasteiger partial charge in [-0.05, 0) is 37.5 Å². The van der Waals surface area contributed by atoms with Crippen molar-refractivity contribution < 1.29 is 4.74 Å². The molecule has 0 saturated carbocycles. The highest BCUT2D eigenvalue weighted by Crippen LogP contribution is 2.15. The third-order valence-corrected chi connectivity index (χ3v) is 2.79.